The first-order valence-electron chi connectivity index (χ1n) is 4.34. The minimum Gasteiger partial charge on any atom is -0.328 e. The van der Waals surface area contributed by atoms with Crippen LogP contribution < -0.4 is 5.73 Å². The Morgan fingerprint density at radius 3 is 3.00 bits per heavy atom. The zero-order chi connectivity index (χ0) is 9.68. The summed E-state index contributed by atoms with van der Waals surface area (Å²) < 4.78 is 1.16. The Bertz CT molecular complexity index is 278. The summed E-state index contributed by atoms with van der Waals surface area (Å²) in [5.41, 5.74) is 5.64. The molecule has 0 aliphatic carbocycles. The van der Waals surface area contributed by atoms with E-state index in [0.717, 1.165) is 17.3 Å². The van der Waals surface area contributed by atoms with Gasteiger partial charge in [-0.15, -0.1) is 11.3 Å². The summed E-state index contributed by atoms with van der Waals surface area (Å²) in [6, 6.07) is 2.42. The highest BCUT2D eigenvalue weighted by Crippen LogP contribution is 2.20. The van der Waals surface area contributed by atoms with Gasteiger partial charge in [0, 0.05) is 20.8 Å². The third kappa shape index (κ3) is 4.60. The van der Waals surface area contributed by atoms with E-state index in [1.165, 1.54) is 4.88 Å². The molecule has 0 fully saturated rings. The predicted octanol–water partition coefficient (Wildman–Crippen LogP) is 3.65. The molecular weight excluding hydrogens is 246 g/mol. The van der Waals surface area contributed by atoms with Crippen molar-refractivity contribution in [3.63, 3.8) is 0 Å². The smallest absolute Gasteiger partial charge is 0.0288 e. The average Bonchev–Trinajstić information content (AvgIpc) is 2.45. The highest BCUT2D eigenvalue weighted by atomic mass is 79.9. The standard InChI is InChI=1S/C10H14BrNS/c1-8(12)4-2-3-5-10-6-9(11)7-13-10/h3,5-8H,2,4,12H2,1H3/b5-3+. The molecule has 1 aromatic heterocycles. The molecule has 3 heteroatoms. The maximum Gasteiger partial charge on any atom is 0.0288 e. The van der Waals surface area contributed by atoms with Crippen LogP contribution >= 0.6 is 27.3 Å². The monoisotopic (exact) mass is 259 g/mol. The molecule has 72 valence electrons. The second-order valence-corrected chi connectivity index (χ2v) is 4.98. The molecule has 0 aliphatic rings. The number of nitrogens with two attached hydrogens (primary N) is 1. The summed E-state index contributed by atoms with van der Waals surface area (Å²) in [6.07, 6.45) is 6.45. The molecule has 0 spiro atoms. The molecule has 1 heterocycles. The fourth-order valence-electron chi connectivity index (χ4n) is 0.974. The lowest BCUT2D eigenvalue weighted by Gasteiger charge is -1.98. The van der Waals surface area contributed by atoms with Gasteiger partial charge in [-0.05, 0) is 47.8 Å². The molecule has 0 aromatic carbocycles. The summed E-state index contributed by atoms with van der Waals surface area (Å²) >= 11 is 5.16. The third-order valence-corrected chi connectivity index (χ3v) is 3.32. The van der Waals surface area contributed by atoms with Gasteiger partial charge in [0.15, 0.2) is 0 Å². The van der Waals surface area contributed by atoms with E-state index >= 15 is 0 Å². The van der Waals surface area contributed by atoms with Gasteiger partial charge in [-0.25, -0.2) is 0 Å². The van der Waals surface area contributed by atoms with Crippen LogP contribution in [0.15, 0.2) is 22.0 Å². The van der Waals surface area contributed by atoms with Crippen LogP contribution in [0.4, 0.5) is 0 Å². The number of thiophene rings is 1. The second kappa shape index (κ2) is 5.58. The number of halogens is 1. The van der Waals surface area contributed by atoms with E-state index in [1.807, 2.05) is 6.92 Å². The van der Waals surface area contributed by atoms with Crippen molar-refractivity contribution >= 4 is 33.3 Å². The topological polar surface area (TPSA) is 26.0 Å². The van der Waals surface area contributed by atoms with Crippen LogP contribution in [0.2, 0.25) is 0 Å². The molecule has 0 aliphatic heterocycles. The second-order valence-electron chi connectivity index (χ2n) is 3.12. The summed E-state index contributed by atoms with van der Waals surface area (Å²) in [4.78, 5) is 1.29. The van der Waals surface area contributed by atoms with E-state index in [4.69, 9.17) is 5.73 Å². The van der Waals surface area contributed by atoms with Gasteiger partial charge >= 0.3 is 0 Å². The maximum absolute atomic E-state index is 5.64. The molecular formula is C10H14BrNS. The van der Waals surface area contributed by atoms with E-state index in [1.54, 1.807) is 11.3 Å². The normalized spacial score (nSPS) is 13.8. The molecule has 1 rings (SSSR count). The van der Waals surface area contributed by atoms with Crippen LogP contribution in [-0.4, -0.2) is 6.04 Å². The largest absolute Gasteiger partial charge is 0.328 e. The van der Waals surface area contributed by atoms with Gasteiger partial charge in [0.25, 0.3) is 0 Å². The van der Waals surface area contributed by atoms with Crippen LogP contribution in [-0.2, 0) is 0 Å². The molecule has 1 atom stereocenters. The zero-order valence-electron chi connectivity index (χ0n) is 7.66. The number of rotatable bonds is 4. The van der Waals surface area contributed by atoms with E-state index in [9.17, 15) is 0 Å². The van der Waals surface area contributed by atoms with Gasteiger partial charge in [-0.1, -0.05) is 6.08 Å². The Balaban J connectivity index is 2.32. The van der Waals surface area contributed by atoms with E-state index < -0.39 is 0 Å². The van der Waals surface area contributed by atoms with Crippen LogP contribution in [0.5, 0.6) is 0 Å². The molecule has 0 amide bonds. The minimum atomic E-state index is 0.305. The molecule has 1 nitrogen and oxygen atoms in total. The summed E-state index contributed by atoms with van der Waals surface area (Å²) in [7, 11) is 0. The lowest BCUT2D eigenvalue weighted by atomic mass is 10.2. The number of hydrogen-bond acceptors (Lipinski definition) is 2. The van der Waals surface area contributed by atoms with Crippen molar-refractivity contribution in [2.45, 2.75) is 25.8 Å². The van der Waals surface area contributed by atoms with Gasteiger partial charge in [0.2, 0.25) is 0 Å². The molecule has 0 bridgehead atoms. The van der Waals surface area contributed by atoms with Crippen LogP contribution in [0.25, 0.3) is 6.08 Å². The molecule has 0 radical (unpaired) electrons. The highest BCUT2D eigenvalue weighted by molar-refractivity contribution is 9.10. The third-order valence-electron chi connectivity index (χ3n) is 1.66. The van der Waals surface area contributed by atoms with E-state index in [-0.39, 0.29) is 0 Å². The summed E-state index contributed by atoms with van der Waals surface area (Å²) in [5.74, 6) is 0. The Kier molecular flexibility index (Phi) is 4.70. The Morgan fingerprint density at radius 2 is 2.46 bits per heavy atom. The van der Waals surface area contributed by atoms with Crippen molar-refractivity contribution in [1.29, 1.82) is 0 Å². The quantitative estimate of drug-likeness (QED) is 0.878. The Labute approximate surface area is 91.8 Å². The molecule has 0 saturated carbocycles. The van der Waals surface area contributed by atoms with Crippen molar-refractivity contribution in [3.8, 4) is 0 Å². The number of hydrogen-bond donors (Lipinski definition) is 1. The van der Waals surface area contributed by atoms with Crippen molar-refractivity contribution in [1.82, 2.24) is 0 Å². The lowest BCUT2D eigenvalue weighted by Crippen LogP contribution is -2.13. The van der Waals surface area contributed by atoms with Crippen molar-refractivity contribution in [3.05, 3.63) is 26.9 Å². The Hall–Kier alpha value is -0.120. The molecule has 1 unspecified atom stereocenters. The van der Waals surface area contributed by atoms with Crippen LogP contribution in [0.1, 0.15) is 24.6 Å². The fraction of sp³-hybridized carbons (Fsp3) is 0.400. The van der Waals surface area contributed by atoms with Gasteiger partial charge in [-0.2, -0.15) is 0 Å². The zero-order valence-corrected chi connectivity index (χ0v) is 10.1. The minimum absolute atomic E-state index is 0.305. The van der Waals surface area contributed by atoms with Crippen molar-refractivity contribution in [2.24, 2.45) is 5.73 Å². The van der Waals surface area contributed by atoms with Gasteiger partial charge in [0.1, 0.15) is 0 Å². The molecule has 2 N–H and O–H groups in total. The first kappa shape index (κ1) is 11.0. The summed E-state index contributed by atoms with van der Waals surface area (Å²) in [5, 5.41) is 2.09. The average molecular weight is 260 g/mol. The van der Waals surface area contributed by atoms with Gasteiger partial charge in [-0.3, -0.25) is 0 Å². The maximum atomic E-state index is 5.64. The SMILES string of the molecule is CC(N)CC/C=C/c1cc(Br)cs1. The lowest BCUT2D eigenvalue weighted by molar-refractivity contribution is 0.677. The predicted molar refractivity (Wildman–Crippen MR) is 63.9 cm³/mol. The molecule has 1 aromatic rings. The van der Waals surface area contributed by atoms with Crippen LogP contribution in [0, 0.1) is 0 Å². The van der Waals surface area contributed by atoms with Gasteiger partial charge < -0.3 is 5.73 Å². The van der Waals surface area contributed by atoms with Gasteiger partial charge in [0.05, 0.1) is 0 Å². The highest BCUT2D eigenvalue weighted by Gasteiger charge is 1.93. The van der Waals surface area contributed by atoms with Crippen LogP contribution in [0.3, 0.4) is 0 Å². The fourth-order valence-corrected chi connectivity index (χ4v) is 2.34. The van der Waals surface area contributed by atoms with E-state index in [2.05, 4.69) is 39.5 Å². The first-order chi connectivity index (χ1) is 6.18. The number of allylic oxidation sites excluding steroid dienone is 1. The summed E-state index contributed by atoms with van der Waals surface area (Å²) in [6.45, 7) is 2.04. The first-order valence-corrected chi connectivity index (χ1v) is 6.02. The van der Waals surface area contributed by atoms with E-state index in [0.29, 0.717) is 6.04 Å². The van der Waals surface area contributed by atoms with Crippen molar-refractivity contribution in [2.75, 3.05) is 0 Å². The molecule has 0 saturated heterocycles. The molecule has 13 heavy (non-hydrogen) atoms. The van der Waals surface area contributed by atoms with Crippen molar-refractivity contribution < 1.29 is 0 Å². The Morgan fingerprint density at radius 1 is 1.69 bits per heavy atom.